The molecule has 134 valence electrons. The molecule has 0 bridgehead atoms. The average Bonchev–Trinajstić information content (AvgIpc) is 3.09. The highest BCUT2D eigenvalue weighted by atomic mass is 35.5. The highest BCUT2D eigenvalue weighted by molar-refractivity contribution is 6.31. The van der Waals surface area contributed by atoms with E-state index >= 15 is 0 Å². The molecule has 1 aliphatic rings. The van der Waals surface area contributed by atoms with Crippen molar-refractivity contribution in [1.82, 2.24) is 9.97 Å². The van der Waals surface area contributed by atoms with Crippen molar-refractivity contribution in [3.05, 3.63) is 53.3 Å². The number of aromatic nitrogens is 2. The van der Waals surface area contributed by atoms with Gasteiger partial charge >= 0.3 is 0 Å². The van der Waals surface area contributed by atoms with Crippen LogP contribution in [0.15, 0.2) is 42.5 Å². The summed E-state index contributed by atoms with van der Waals surface area (Å²) in [4.78, 5) is 8.14. The molecule has 0 aliphatic heterocycles. The standard InChI is InChI=1S/C22H23ClN2O/c1-26-21-11-9-17(23)14-18(21)16-8-10-19-20(13-16)25-22(24-19)12-7-15-5-3-2-4-6-15/h7-15H,2-6H2,1H3,(H,24,25). The molecule has 0 saturated heterocycles. The number of hydrogen-bond donors (Lipinski definition) is 1. The van der Waals surface area contributed by atoms with E-state index in [-0.39, 0.29) is 0 Å². The van der Waals surface area contributed by atoms with E-state index in [1.165, 1.54) is 32.1 Å². The summed E-state index contributed by atoms with van der Waals surface area (Å²) >= 11 is 6.17. The molecular formula is C22H23ClN2O. The van der Waals surface area contributed by atoms with Crippen molar-refractivity contribution >= 4 is 28.7 Å². The first-order chi connectivity index (χ1) is 12.7. The Morgan fingerprint density at radius 3 is 2.77 bits per heavy atom. The first-order valence-electron chi connectivity index (χ1n) is 9.25. The average molecular weight is 367 g/mol. The lowest BCUT2D eigenvalue weighted by Crippen LogP contribution is -2.02. The molecule has 0 radical (unpaired) electrons. The molecule has 0 spiro atoms. The van der Waals surface area contributed by atoms with Crippen molar-refractivity contribution in [2.45, 2.75) is 32.1 Å². The zero-order chi connectivity index (χ0) is 17.9. The van der Waals surface area contributed by atoms with Crippen LogP contribution in [0.5, 0.6) is 5.75 Å². The minimum absolute atomic E-state index is 0.694. The number of allylic oxidation sites excluding steroid dienone is 1. The van der Waals surface area contributed by atoms with Crippen LogP contribution in [0.2, 0.25) is 5.02 Å². The quantitative estimate of drug-likeness (QED) is 0.573. The van der Waals surface area contributed by atoms with Gasteiger partial charge in [0.05, 0.1) is 18.1 Å². The van der Waals surface area contributed by atoms with E-state index in [1.54, 1.807) is 7.11 Å². The van der Waals surface area contributed by atoms with Crippen molar-refractivity contribution in [2.75, 3.05) is 7.11 Å². The van der Waals surface area contributed by atoms with Crippen molar-refractivity contribution in [3.8, 4) is 16.9 Å². The van der Waals surface area contributed by atoms with Gasteiger partial charge in [-0.1, -0.05) is 43.0 Å². The van der Waals surface area contributed by atoms with Crippen LogP contribution in [-0.2, 0) is 0 Å². The van der Waals surface area contributed by atoms with E-state index in [0.29, 0.717) is 10.9 Å². The van der Waals surface area contributed by atoms with Gasteiger partial charge in [0, 0.05) is 10.6 Å². The lowest BCUT2D eigenvalue weighted by molar-refractivity contribution is 0.416. The number of methoxy groups -OCH3 is 1. The lowest BCUT2D eigenvalue weighted by atomic mass is 9.89. The summed E-state index contributed by atoms with van der Waals surface area (Å²) in [6.07, 6.45) is 11.1. The minimum Gasteiger partial charge on any atom is -0.496 e. The molecule has 4 heteroatoms. The Labute approximate surface area is 159 Å². The third-order valence-electron chi connectivity index (χ3n) is 5.15. The monoisotopic (exact) mass is 366 g/mol. The number of aromatic amines is 1. The first kappa shape index (κ1) is 17.2. The second-order valence-corrected chi connectivity index (χ2v) is 7.39. The first-order valence-corrected chi connectivity index (χ1v) is 9.62. The zero-order valence-corrected chi connectivity index (χ0v) is 15.7. The van der Waals surface area contributed by atoms with Crippen molar-refractivity contribution < 1.29 is 4.74 Å². The van der Waals surface area contributed by atoms with E-state index in [9.17, 15) is 0 Å². The predicted octanol–water partition coefficient (Wildman–Crippen LogP) is 6.49. The molecule has 26 heavy (non-hydrogen) atoms. The van der Waals surface area contributed by atoms with Crippen molar-refractivity contribution in [1.29, 1.82) is 0 Å². The van der Waals surface area contributed by atoms with Gasteiger partial charge in [0.15, 0.2) is 0 Å². The van der Waals surface area contributed by atoms with Gasteiger partial charge in [-0.05, 0) is 60.7 Å². The highest BCUT2D eigenvalue weighted by Crippen LogP contribution is 2.34. The van der Waals surface area contributed by atoms with Crippen LogP contribution >= 0.6 is 11.6 Å². The van der Waals surface area contributed by atoms with Crippen LogP contribution < -0.4 is 4.74 Å². The number of H-pyrrole nitrogens is 1. The van der Waals surface area contributed by atoms with Gasteiger partial charge in [-0.15, -0.1) is 0 Å². The number of nitrogens with one attached hydrogen (secondary N) is 1. The molecule has 1 saturated carbocycles. The van der Waals surface area contributed by atoms with E-state index in [2.05, 4.69) is 35.3 Å². The number of benzene rings is 2. The summed E-state index contributed by atoms with van der Waals surface area (Å²) in [5, 5.41) is 0.694. The lowest BCUT2D eigenvalue weighted by Gasteiger charge is -2.17. The third kappa shape index (κ3) is 3.63. The molecule has 4 rings (SSSR count). The fourth-order valence-electron chi connectivity index (χ4n) is 3.73. The number of fused-ring (bicyclic) bond motifs is 1. The molecule has 1 fully saturated rings. The van der Waals surface area contributed by atoms with Gasteiger partial charge in [-0.3, -0.25) is 0 Å². The minimum atomic E-state index is 0.694. The molecule has 1 heterocycles. The second kappa shape index (κ2) is 7.55. The molecule has 0 atom stereocenters. The SMILES string of the molecule is COc1ccc(Cl)cc1-c1ccc2[nH]c(C=CC3CCCCC3)nc2c1. The Morgan fingerprint density at radius 2 is 1.96 bits per heavy atom. The molecular weight excluding hydrogens is 344 g/mol. The summed E-state index contributed by atoms with van der Waals surface area (Å²) in [7, 11) is 1.67. The Hall–Kier alpha value is -2.26. The van der Waals surface area contributed by atoms with Gasteiger partial charge < -0.3 is 9.72 Å². The Bertz CT molecular complexity index is 938. The highest BCUT2D eigenvalue weighted by Gasteiger charge is 2.11. The van der Waals surface area contributed by atoms with Crippen LogP contribution in [0.1, 0.15) is 37.9 Å². The van der Waals surface area contributed by atoms with Crippen LogP contribution in [-0.4, -0.2) is 17.1 Å². The summed E-state index contributed by atoms with van der Waals surface area (Å²) in [6, 6.07) is 11.9. The molecule has 0 amide bonds. The Balaban J connectivity index is 1.64. The number of halogens is 1. The molecule has 1 aliphatic carbocycles. The molecule has 3 nitrogen and oxygen atoms in total. The number of rotatable bonds is 4. The summed E-state index contributed by atoms with van der Waals surface area (Å²) < 4.78 is 5.48. The number of imidazole rings is 1. The van der Waals surface area contributed by atoms with E-state index < -0.39 is 0 Å². The van der Waals surface area contributed by atoms with E-state index in [4.69, 9.17) is 21.3 Å². The number of hydrogen-bond acceptors (Lipinski definition) is 2. The topological polar surface area (TPSA) is 37.9 Å². The Kier molecular flexibility index (Phi) is 4.98. The molecule has 3 aromatic rings. The van der Waals surface area contributed by atoms with E-state index in [0.717, 1.165) is 33.7 Å². The normalized spacial score (nSPS) is 15.8. The smallest absolute Gasteiger partial charge is 0.130 e. The maximum atomic E-state index is 6.17. The molecule has 0 unspecified atom stereocenters. The third-order valence-corrected chi connectivity index (χ3v) is 5.39. The van der Waals surface area contributed by atoms with Crippen molar-refractivity contribution in [2.24, 2.45) is 5.92 Å². The summed E-state index contributed by atoms with van der Waals surface area (Å²) in [6.45, 7) is 0. The Morgan fingerprint density at radius 1 is 1.12 bits per heavy atom. The van der Waals surface area contributed by atoms with Crippen LogP contribution in [0.3, 0.4) is 0 Å². The maximum Gasteiger partial charge on any atom is 0.130 e. The maximum absolute atomic E-state index is 6.17. The van der Waals surface area contributed by atoms with Gasteiger partial charge in [-0.25, -0.2) is 4.98 Å². The fraction of sp³-hybridized carbons (Fsp3) is 0.318. The summed E-state index contributed by atoms with van der Waals surface area (Å²) in [5.41, 5.74) is 4.02. The molecule has 2 aromatic carbocycles. The fourth-order valence-corrected chi connectivity index (χ4v) is 3.90. The van der Waals surface area contributed by atoms with Crippen molar-refractivity contribution in [3.63, 3.8) is 0 Å². The second-order valence-electron chi connectivity index (χ2n) is 6.96. The zero-order valence-electron chi connectivity index (χ0n) is 15.0. The van der Waals surface area contributed by atoms with Gasteiger partial charge in [0.25, 0.3) is 0 Å². The molecule has 1 aromatic heterocycles. The van der Waals surface area contributed by atoms with Crippen LogP contribution in [0, 0.1) is 5.92 Å². The van der Waals surface area contributed by atoms with Gasteiger partial charge in [0.1, 0.15) is 11.6 Å². The summed E-state index contributed by atoms with van der Waals surface area (Å²) in [5.74, 6) is 2.42. The van der Waals surface area contributed by atoms with Gasteiger partial charge in [-0.2, -0.15) is 0 Å². The largest absolute Gasteiger partial charge is 0.496 e. The number of nitrogens with zero attached hydrogens (tertiary/aromatic N) is 1. The van der Waals surface area contributed by atoms with Crippen LogP contribution in [0.25, 0.3) is 28.2 Å². The van der Waals surface area contributed by atoms with Crippen LogP contribution in [0.4, 0.5) is 0 Å². The van der Waals surface area contributed by atoms with Gasteiger partial charge in [0.2, 0.25) is 0 Å². The van der Waals surface area contributed by atoms with E-state index in [1.807, 2.05) is 18.2 Å². The molecule has 1 N–H and O–H groups in total. The predicted molar refractivity (Wildman–Crippen MR) is 109 cm³/mol. The number of ether oxygens (including phenoxy) is 1.